The fraction of sp³-hybridized carbons (Fsp3) is 0.0769. The average molecular weight is 288 g/mol. The van der Waals surface area contributed by atoms with Gasteiger partial charge < -0.3 is 5.73 Å². The average Bonchev–Trinajstić information content (AvgIpc) is 2.35. The van der Waals surface area contributed by atoms with E-state index in [1.165, 1.54) is 12.1 Å². The van der Waals surface area contributed by atoms with Crippen molar-refractivity contribution < 1.29 is 8.78 Å². The van der Waals surface area contributed by atoms with Crippen LogP contribution >= 0.6 is 23.2 Å². The predicted octanol–water partition coefficient (Wildman–Crippen LogP) is 4.32. The Bertz CT molecular complexity index is 587. The lowest BCUT2D eigenvalue weighted by Gasteiger charge is -2.14. The molecule has 0 saturated carbocycles. The number of benzene rings is 2. The maximum atomic E-state index is 13.6. The third-order valence-electron chi connectivity index (χ3n) is 2.62. The summed E-state index contributed by atoms with van der Waals surface area (Å²) < 4.78 is 26.7. The van der Waals surface area contributed by atoms with Gasteiger partial charge in [0.15, 0.2) is 11.6 Å². The molecule has 2 N–H and O–H groups in total. The van der Waals surface area contributed by atoms with Crippen molar-refractivity contribution in [3.8, 4) is 0 Å². The van der Waals surface area contributed by atoms with Crippen LogP contribution in [0.5, 0.6) is 0 Å². The molecule has 2 rings (SSSR count). The summed E-state index contributed by atoms with van der Waals surface area (Å²) in [5.41, 5.74) is 6.54. The topological polar surface area (TPSA) is 26.0 Å². The van der Waals surface area contributed by atoms with Crippen molar-refractivity contribution in [1.29, 1.82) is 0 Å². The van der Waals surface area contributed by atoms with Gasteiger partial charge in [-0.2, -0.15) is 0 Å². The molecule has 0 aliphatic rings. The van der Waals surface area contributed by atoms with E-state index in [0.29, 0.717) is 15.6 Å². The zero-order valence-corrected chi connectivity index (χ0v) is 10.6. The van der Waals surface area contributed by atoms with Crippen molar-refractivity contribution in [1.82, 2.24) is 0 Å². The Balaban J connectivity index is 2.44. The van der Waals surface area contributed by atoms with Gasteiger partial charge >= 0.3 is 0 Å². The summed E-state index contributed by atoms with van der Waals surface area (Å²) >= 11 is 11.6. The predicted molar refractivity (Wildman–Crippen MR) is 68.9 cm³/mol. The minimum Gasteiger partial charge on any atom is -0.320 e. The first-order chi connectivity index (χ1) is 8.50. The zero-order chi connectivity index (χ0) is 13.3. The summed E-state index contributed by atoms with van der Waals surface area (Å²) in [6.07, 6.45) is 0. The van der Waals surface area contributed by atoms with Crippen LogP contribution < -0.4 is 5.73 Å². The van der Waals surface area contributed by atoms with Crippen molar-refractivity contribution in [2.24, 2.45) is 5.73 Å². The van der Waals surface area contributed by atoms with E-state index in [0.717, 1.165) is 6.07 Å². The number of rotatable bonds is 2. The molecule has 0 amide bonds. The second kappa shape index (κ2) is 5.22. The van der Waals surface area contributed by atoms with E-state index in [1.54, 1.807) is 18.2 Å². The van der Waals surface area contributed by atoms with E-state index in [9.17, 15) is 8.78 Å². The quantitative estimate of drug-likeness (QED) is 0.875. The first-order valence-corrected chi connectivity index (χ1v) is 5.90. The second-order valence-corrected chi connectivity index (χ2v) is 4.61. The van der Waals surface area contributed by atoms with E-state index in [2.05, 4.69) is 0 Å². The lowest BCUT2D eigenvalue weighted by Crippen LogP contribution is -2.14. The standard InChI is InChI=1S/C13H9Cl2F2N/c14-9-5-4-7(6-10(9)15)13(18)8-2-1-3-11(16)12(8)17/h1-6,13H,18H2. The van der Waals surface area contributed by atoms with Crippen molar-refractivity contribution in [2.75, 3.05) is 0 Å². The van der Waals surface area contributed by atoms with Gasteiger partial charge in [0.25, 0.3) is 0 Å². The molecule has 0 spiro atoms. The van der Waals surface area contributed by atoms with Gasteiger partial charge in [0.05, 0.1) is 16.1 Å². The van der Waals surface area contributed by atoms with Crippen molar-refractivity contribution in [3.05, 3.63) is 69.2 Å². The number of hydrogen-bond acceptors (Lipinski definition) is 1. The molecule has 0 heterocycles. The fourth-order valence-corrected chi connectivity index (χ4v) is 1.95. The van der Waals surface area contributed by atoms with Gasteiger partial charge in [0, 0.05) is 5.56 Å². The molecule has 0 aliphatic heterocycles. The van der Waals surface area contributed by atoms with E-state index in [1.807, 2.05) is 0 Å². The molecule has 2 aromatic carbocycles. The Morgan fingerprint density at radius 3 is 2.39 bits per heavy atom. The molecule has 1 atom stereocenters. The Hall–Kier alpha value is -1.16. The molecule has 0 bridgehead atoms. The summed E-state index contributed by atoms with van der Waals surface area (Å²) in [6.45, 7) is 0. The number of nitrogens with two attached hydrogens (primary N) is 1. The van der Waals surface area contributed by atoms with E-state index >= 15 is 0 Å². The Labute approximate surface area is 113 Å². The Morgan fingerprint density at radius 2 is 1.72 bits per heavy atom. The van der Waals surface area contributed by atoms with Crippen LogP contribution in [0.2, 0.25) is 10.0 Å². The molecule has 1 nitrogen and oxygen atoms in total. The minimum atomic E-state index is -0.948. The lowest BCUT2D eigenvalue weighted by molar-refractivity contribution is 0.494. The second-order valence-electron chi connectivity index (χ2n) is 3.79. The molecule has 1 unspecified atom stereocenters. The molecule has 0 radical (unpaired) electrons. The van der Waals surface area contributed by atoms with Crippen molar-refractivity contribution >= 4 is 23.2 Å². The maximum Gasteiger partial charge on any atom is 0.163 e. The highest BCUT2D eigenvalue weighted by Gasteiger charge is 2.17. The van der Waals surface area contributed by atoms with Crippen LogP contribution in [-0.2, 0) is 0 Å². The minimum absolute atomic E-state index is 0.0772. The molecule has 18 heavy (non-hydrogen) atoms. The van der Waals surface area contributed by atoms with E-state index < -0.39 is 17.7 Å². The van der Waals surface area contributed by atoms with E-state index in [4.69, 9.17) is 28.9 Å². The smallest absolute Gasteiger partial charge is 0.163 e. The highest BCUT2D eigenvalue weighted by molar-refractivity contribution is 6.42. The van der Waals surface area contributed by atoms with Gasteiger partial charge in [-0.15, -0.1) is 0 Å². The van der Waals surface area contributed by atoms with Crippen molar-refractivity contribution in [2.45, 2.75) is 6.04 Å². The lowest BCUT2D eigenvalue weighted by atomic mass is 9.99. The largest absolute Gasteiger partial charge is 0.320 e. The molecular formula is C13H9Cl2F2N. The first kappa shape index (κ1) is 13.3. The van der Waals surface area contributed by atoms with Crippen LogP contribution in [-0.4, -0.2) is 0 Å². The summed E-state index contributed by atoms with van der Waals surface area (Å²) in [6, 6.07) is 7.82. The molecule has 0 aromatic heterocycles. The van der Waals surface area contributed by atoms with Gasteiger partial charge in [0.2, 0.25) is 0 Å². The molecule has 94 valence electrons. The molecule has 0 fully saturated rings. The maximum absolute atomic E-state index is 13.6. The molecule has 5 heteroatoms. The van der Waals surface area contributed by atoms with Gasteiger partial charge in [-0.1, -0.05) is 41.4 Å². The normalized spacial score (nSPS) is 12.5. The van der Waals surface area contributed by atoms with Crippen molar-refractivity contribution in [3.63, 3.8) is 0 Å². The van der Waals surface area contributed by atoms with Crippen LogP contribution in [0.15, 0.2) is 36.4 Å². The third-order valence-corrected chi connectivity index (χ3v) is 3.36. The number of hydrogen-bond donors (Lipinski definition) is 1. The SMILES string of the molecule is NC(c1ccc(Cl)c(Cl)c1)c1cccc(F)c1F. The summed E-state index contributed by atoms with van der Waals surface area (Å²) in [4.78, 5) is 0. The summed E-state index contributed by atoms with van der Waals surface area (Å²) in [5, 5.41) is 0.703. The Kier molecular flexibility index (Phi) is 3.85. The highest BCUT2D eigenvalue weighted by Crippen LogP contribution is 2.29. The van der Waals surface area contributed by atoms with Gasteiger partial charge in [-0.3, -0.25) is 0 Å². The molecular weight excluding hydrogens is 279 g/mol. The van der Waals surface area contributed by atoms with Gasteiger partial charge in [0.1, 0.15) is 0 Å². The van der Waals surface area contributed by atoms with Crippen LogP contribution in [0.4, 0.5) is 8.78 Å². The van der Waals surface area contributed by atoms with Gasteiger partial charge in [-0.25, -0.2) is 8.78 Å². The molecule has 2 aromatic rings. The highest BCUT2D eigenvalue weighted by atomic mass is 35.5. The molecule has 0 saturated heterocycles. The fourth-order valence-electron chi connectivity index (χ4n) is 1.65. The summed E-state index contributed by atoms with van der Waals surface area (Å²) in [7, 11) is 0. The van der Waals surface area contributed by atoms with Crippen LogP contribution in [0.25, 0.3) is 0 Å². The Morgan fingerprint density at radius 1 is 1.00 bits per heavy atom. The van der Waals surface area contributed by atoms with Gasteiger partial charge in [-0.05, 0) is 23.8 Å². The monoisotopic (exact) mass is 287 g/mol. The number of halogens is 4. The first-order valence-electron chi connectivity index (χ1n) is 5.15. The third kappa shape index (κ3) is 2.48. The van der Waals surface area contributed by atoms with Crippen LogP contribution in [0, 0.1) is 11.6 Å². The van der Waals surface area contributed by atoms with E-state index in [-0.39, 0.29) is 5.56 Å². The molecule has 0 aliphatic carbocycles. The van der Waals surface area contributed by atoms with Crippen LogP contribution in [0.3, 0.4) is 0 Å². The van der Waals surface area contributed by atoms with Crippen LogP contribution in [0.1, 0.15) is 17.2 Å². The zero-order valence-electron chi connectivity index (χ0n) is 9.13. The summed E-state index contributed by atoms with van der Waals surface area (Å²) in [5.74, 6) is -1.88.